The smallest absolute Gasteiger partial charge is 0.123 e. The number of halogens is 1. The molecule has 0 saturated carbocycles. The van der Waals surface area contributed by atoms with E-state index in [2.05, 4.69) is 11.1 Å². The van der Waals surface area contributed by atoms with Crippen molar-refractivity contribution >= 4 is 10.9 Å². The number of pyridine rings is 1. The van der Waals surface area contributed by atoms with E-state index in [1.807, 2.05) is 30.3 Å². The molecule has 0 aliphatic heterocycles. The van der Waals surface area contributed by atoms with Gasteiger partial charge in [0, 0.05) is 11.6 Å². The minimum absolute atomic E-state index is 0.185. The van der Waals surface area contributed by atoms with Crippen molar-refractivity contribution in [2.45, 2.75) is 6.42 Å². The van der Waals surface area contributed by atoms with E-state index in [9.17, 15) is 4.39 Å². The largest absolute Gasteiger partial charge is 0.256 e. The molecule has 0 radical (unpaired) electrons. The van der Waals surface area contributed by atoms with Gasteiger partial charge in [0.2, 0.25) is 0 Å². The number of benzene rings is 2. The molecule has 0 atom stereocenters. The number of hydrogen-bond donors (Lipinski definition) is 0. The summed E-state index contributed by atoms with van der Waals surface area (Å²) < 4.78 is 13.1. The Labute approximate surface area is 105 Å². The molecule has 18 heavy (non-hydrogen) atoms. The highest BCUT2D eigenvalue weighted by atomic mass is 19.1. The summed E-state index contributed by atoms with van der Waals surface area (Å²) in [5.41, 5.74) is 3.14. The molecule has 0 bridgehead atoms. The number of rotatable bonds is 2. The van der Waals surface area contributed by atoms with Crippen molar-refractivity contribution in [1.82, 2.24) is 4.98 Å². The molecule has 0 saturated heterocycles. The molecule has 2 heteroatoms. The van der Waals surface area contributed by atoms with E-state index < -0.39 is 0 Å². The quantitative estimate of drug-likeness (QED) is 0.657. The molecule has 0 N–H and O–H groups in total. The van der Waals surface area contributed by atoms with Gasteiger partial charge in [-0.15, -0.1) is 0 Å². The van der Waals surface area contributed by atoms with Crippen molar-refractivity contribution in [1.29, 1.82) is 0 Å². The van der Waals surface area contributed by atoms with Crippen LogP contribution in [-0.2, 0) is 6.42 Å². The summed E-state index contributed by atoms with van der Waals surface area (Å²) in [7, 11) is 0. The summed E-state index contributed by atoms with van der Waals surface area (Å²) >= 11 is 0. The molecule has 0 aliphatic rings. The minimum atomic E-state index is -0.185. The lowest BCUT2D eigenvalue weighted by atomic mass is 10.0. The third kappa shape index (κ3) is 2.23. The van der Waals surface area contributed by atoms with Crippen molar-refractivity contribution in [2.24, 2.45) is 0 Å². The van der Waals surface area contributed by atoms with Crippen LogP contribution in [-0.4, -0.2) is 4.98 Å². The van der Waals surface area contributed by atoms with Crippen molar-refractivity contribution in [3.63, 3.8) is 0 Å². The Bertz CT molecular complexity index is 691. The molecule has 0 aliphatic carbocycles. The van der Waals surface area contributed by atoms with Gasteiger partial charge < -0.3 is 0 Å². The molecular formula is C16H12FN. The van der Waals surface area contributed by atoms with Gasteiger partial charge in [-0.25, -0.2) is 4.39 Å². The van der Waals surface area contributed by atoms with Gasteiger partial charge in [-0.2, -0.15) is 0 Å². The van der Waals surface area contributed by atoms with Gasteiger partial charge in [0.1, 0.15) is 5.82 Å². The fourth-order valence-corrected chi connectivity index (χ4v) is 2.12. The predicted octanol–water partition coefficient (Wildman–Crippen LogP) is 3.96. The maximum Gasteiger partial charge on any atom is 0.123 e. The Morgan fingerprint density at radius 2 is 1.78 bits per heavy atom. The van der Waals surface area contributed by atoms with Crippen LogP contribution in [0.3, 0.4) is 0 Å². The van der Waals surface area contributed by atoms with Gasteiger partial charge in [-0.05, 0) is 47.9 Å². The highest BCUT2D eigenvalue weighted by Crippen LogP contribution is 2.16. The molecule has 1 nitrogen and oxygen atoms in total. The van der Waals surface area contributed by atoms with Gasteiger partial charge >= 0.3 is 0 Å². The predicted molar refractivity (Wildman–Crippen MR) is 70.9 cm³/mol. The van der Waals surface area contributed by atoms with Crippen molar-refractivity contribution in [3.05, 3.63) is 77.7 Å². The summed E-state index contributed by atoms with van der Waals surface area (Å²) in [5, 5.41) is 1.12. The average molecular weight is 237 g/mol. The van der Waals surface area contributed by atoms with Crippen LogP contribution < -0.4 is 0 Å². The second-order valence-corrected chi connectivity index (χ2v) is 4.34. The van der Waals surface area contributed by atoms with E-state index in [4.69, 9.17) is 0 Å². The van der Waals surface area contributed by atoms with E-state index in [-0.39, 0.29) is 5.82 Å². The molecule has 2 aromatic carbocycles. The third-order valence-corrected chi connectivity index (χ3v) is 2.96. The molecule has 88 valence electrons. The standard InChI is InChI=1S/C16H12FN/c17-15-5-1-3-12(11-15)9-13-6-7-16-14(10-13)4-2-8-18-16/h1-8,10-11H,9H2. The number of aromatic nitrogens is 1. The molecule has 1 aromatic heterocycles. The Morgan fingerprint density at radius 1 is 0.889 bits per heavy atom. The van der Waals surface area contributed by atoms with Gasteiger partial charge in [0.25, 0.3) is 0 Å². The van der Waals surface area contributed by atoms with Crippen LogP contribution in [0.5, 0.6) is 0 Å². The first kappa shape index (κ1) is 10.9. The van der Waals surface area contributed by atoms with Crippen molar-refractivity contribution in [2.75, 3.05) is 0 Å². The van der Waals surface area contributed by atoms with Gasteiger partial charge in [-0.1, -0.05) is 24.3 Å². The molecule has 3 aromatic rings. The fourth-order valence-electron chi connectivity index (χ4n) is 2.12. The monoisotopic (exact) mass is 237 g/mol. The van der Waals surface area contributed by atoms with E-state index in [0.29, 0.717) is 0 Å². The maximum atomic E-state index is 13.1. The topological polar surface area (TPSA) is 12.9 Å². The first-order chi connectivity index (χ1) is 8.81. The Kier molecular flexibility index (Phi) is 2.77. The molecule has 1 heterocycles. The summed E-state index contributed by atoms with van der Waals surface area (Å²) in [5.74, 6) is -0.185. The second-order valence-electron chi connectivity index (χ2n) is 4.34. The maximum absolute atomic E-state index is 13.1. The lowest BCUT2D eigenvalue weighted by molar-refractivity contribution is 0.626. The van der Waals surface area contributed by atoms with Crippen LogP contribution in [0.4, 0.5) is 4.39 Å². The second kappa shape index (κ2) is 4.57. The van der Waals surface area contributed by atoms with Crippen LogP contribution in [0.1, 0.15) is 11.1 Å². The highest BCUT2D eigenvalue weighted by Gasteiger charge is 2.00. The van der Waals surface area contributed by atoms with Crippen LogP contribution in [0.15, 0.2) is 60.8 Å². The Morgan fingerprint density at radius 3 is 2.67 bits per heavy atom. The van der Waals surface area contributed by atoms with E-state index in [1.165, 1.54) is 11.6 Å². The molecular weight excluding hydrogens is 225 g/mol. The zero-order chi connectivity index (χ0) is 12.4. The SMILES string of the molecule is Fc1cccc(Cc2ccc3ncccc3c2)c1. The number of nitrogens with zero attached hydrogens (tertiary/aromatic N) is 1. The van der Waals surface area contributed by atoms with Gasteiger partial charge in [0.05, 0.1) is 5.52 Å². The molecule has 0 spiro atoms. The summed E-state index contributed by atoms with van der Waals surface area (Å²) in [4.78, 5) is 4.28. The van der Waals surface area contributed by atoms with E-state index in [1.54, 1.807) is 18.3 Å². The van der Waals surface area contributed by atoms with E-state index in [0.717, 1.165) is 22.9 Å². The van der Waals surface area contributed by atoms with Gasteiger partial charge in [0.15, 0.2) is 0 Å². The first-order valence-corrected chi connectivity index (χ1v) is 5.89. The third-order valence-electron chi connectivity index (χ3n) is 2.96. The lowest BCUT2D eigenvalue weighted by Crippen LogP contribution is -1.89. The van der Waals surface area contributed by atoms with Crippen LogP contribution in [0.25, 0.3) is 10.9 Å². The molecule has 0 unspecified atom stereocenters. The zero-order valence-corrected chi connectivity index (χ0v) is 9.81. The van der Waals surface area contributed by atoms with Crippen molar-refractivity contribution < 1.29 is 4.39 Å². The minimum Gasteiger partial charge on any atom is -0.256 e. The normalized spacial score (nSPS) is 10.7. The Hall–Kier alpha value is -2.22. The molecule has 0 fully saturated rings. The zero-order valence-electron chi connectivity index (χ0n) is 9.81. The number of hydrogen-bond acceptors (Lipinski definition) is 1. The Balaban J connectivity index is 1.95. The highest BCUT2D eigenvalue weighted by molar-refractivity contribution is 5.79. The summed E-state index contributed by atoms with van der Waals surface area (Å²) in [6.45, 7) is 0. The lowest BCUT2D eigenvalue weighted by Gasteiger charge is -2.04. The van der Waals surface area contributed by atoms with Crippen molar-refractivity contribution in [3.8, 4) is 0 Å². The summed E-state index contributed by atoms with van der Waals surface area (Å²) in [6, 6.07) is 16.8. The summed E-state index contributed by atoms with van der Waals surface area (Å²) in [6.07, 6.45) is 2.52. The molecule has 3 rings (SSSR count). The molecule has 0 amide bonds. The first-order valence-electron chi connectivity index (χ1n) is 5.89. The fraction of sp³-hybridized carbons (Fsp3) is 0.0625. The van der Waals surface area contributed by atoms with Crippen LogP contribution in [0, 0.1) is 5.82 Å². The van der Waals surface area contributed by atoms with Crippen LogP contribution in [0.2, 0.25) is 0 Å². The van der Waals surface area contributed by atoms with E-state index >= 15 is 0 Å². The average Bonchev–Trinajstić information content (AvgIpc) is 2.39. The van der Waals surface area contributed by atoms with Crippen LogP contribution >= 0.6 is 0 Å². The number of fused-ring (bicyclic) bond motifs is 1. The van der Waals surface area contributed by atoms with Gasteiger partial charge in [-0.3, -0.25) is 4.98 Å².